The van der Waals surface area contributed by atoms with Gasteiger partial charge in [0.2, 0.25) is 5.91 Å². The first kappa shape index (κ1) is 14.5. The van der Waals surface area contributed by atoms with Gasteiger partial charge in [0.1, 0.15) is 0 Å². The van der Waals surface area contributed by atoms with Gasteiger partial charge in [-0.15, -0.1) is 0 Å². The van der Waals surface area contributed by atoms with Gasteiger partial charge in [-0.2, -0.15) is 0 Å². The summed E-state index contributed by atoms with van der Waals surface area (Å²) in [5, 5.41) is 0. The summed E-state index contributed by atoms with van der Waals surface area (Å²) in [7, 11) is 1.85. The van der Waals surface area contributed by atoms with Crippen LogP contribution in [0.2, 0.25) is 0 Å². The zero-order chi connectivity index (χ0) is 12.8. The summed E-state index contributed by atoms with van der Waals surface area (Å²) in [5.41, 5.74) is 5.69. The van der Waals surface area contributed by atoms with Gasteiger partial charge in [0.25, 0.3) is 0 Å². The van der Waals surface area contributed by atoms with Crippen LogP contribution in [0.3, 0.4) is 0 Å². The van der Waals surface area contributed by atoms with Crippen LogP contribution in [-0.2, 0) is 9.53 Å². The molecule has 0 bridgehead atoms. The van der Waals surface area contributed by atoms with Crippen molar-refractivity contribution in [3.05, 3.63) is 0 Å². The molecule has 2 N–H and O–H groups in total. The Bertz CT molecular complexity index is 238. The van der Waals surface area contributed by atoms with E-state index in [0.717, 1.165) is 25.9 Å². The topological polar surface area (TPSA) is 55.6 Å². The predicted molar refractivity (Wildman–Crippen MR) is 68.6 cm³/mol. The fraction of sp³-hybridized carbons (Fsp3) is 0.923. The largest absolute Gasteiger partial charge is 0.376 e. The molecule has 4 heteroatoms. The fourth-order valence-corrected chi connectivity index (χ4v) is 2.36. The SMILES string of the molecule is CC(C)CC(CN)C(=O)N(C)CC1CCCO1. The van der Waals surface area contributed by atoms with Crippen LogP contribution in [0.5, 0.6) is 0 Å². The average Bonchev–Trinajstić information content (AvgIpc) is 2.77. The third-order valence-electron chi connectivity index (χ3n) is 3.27. The Morgan fingerprint density at radius 2 is 2.24 bits per heavy atom. The minimum Gasteiger partial charge on any atom is -0.376 e. The van der Waals surface area contributed by atoms with Gasteiger partial charge < -0.3 is 15.4 Å². The first-order valence-corrected chi connectivity index (χ1v) is 6.61. The Kier molecular flexibility index (Phi) is 5.92. The lowest BCUT2D eigenvalue weighted by atomic mass is 9.96. The van der Waals surface area contributed by atoms with Gasteiger partial charge in [-0.05, 0) is 25.2 Å². The van der Waals surface area contributed by atoms with Crippen molar-refractivity contribution in [2.45, 2.75) is 39.2 Å². The van der Waals surface area contributed by atoms with Gasteiger partial charge in [-0.3, -0.25) is 4.79 Å². The molecule has 0 spiro atoms. The molecule has 1 heterocycles. The zero-order valence-electron chi connectivity index (χ0n) is 11.3. The van der Waals surface area contributed by atoms with Crippen molar-refractivity contribution in [2.75, 3.05) is 26.7 Å². The minimum atomic E-state index is -0.0404. The first-order chi connectivity index (χ1) is 8.04. The second kappa shape index (κ2) is 6.97. The third kappa shape index (κ3) is 4.64. The monoisotopic (exact) mass is 242 g/mol. The summed E-state index contributed by atoms with van der Waals surface area (Å²) in [6, 6.07) is 0. The van der Waals surface area contributed by atoms with Crippen molar-refractivity contribution in [2.24, 2.45) is 17.6 Å². The van der Waals surface area contributed by atoms with E-state index in [1.165, 1.54) is 0 Å². The Labute approximate surface area is 104 Å². The fourth-order valence-electron chi connectivity index (χ4n) is 2.36. The van der Waals surface area contributed by atoms with Gasteiger partial charge in [0.15, 0.2) is 0 Å². The number of nitrogens with two attached hydrogens (primary N) is 1. The number of amides is 1. The normalized spacial score (nSPS) is 21.8. The van der Waals surface area contributed by atoms with Gasteiger partial charge in [-0.25, -0.2) is 0 Å². The van der Waals surface area contributed by atoms with Crippen molar-refractivity contribution < 1.29 is 9.53 Å². The number of carbonyl (C=O) groups is 1. The first-order valence-electron chi connectivity index (χ1n) is 6.61. The summed E-state index contributed by atoms with van der Waals surface area (Å²) < 4.78 is 5.54. The number of ether oxygens (including phenoxy) is 1. The van der Waals surface area contributed by atoms with E-state index in [0.29, 0.717) is 19.0 Å². The third-order valence-corrected chi connectivity index (χ3v) is 3.27. The molecule has 1 aliphatic heterocycles. The van der Waals surface area contributed by atoms with Crippen LogP contribution >= 0.6 is 0 Å². The highest BCUT2D eigenvalue weighted by molar-refractivity contribution is 5.78. The number of nitrogens with zero attached hydrogens (tertiary/aromatic N) is 1. The summed E-state index contributed by atoms with van der Waals surface area (Å²) in [6.07, 6.45) is 3.26. The lowest BCUT2D eigenvalue weighted by Crippen LogP contribution is -2.40. The van der Waals surface area contributed by atoms with Crippen LogP contribution in [0.1, 0.15) is 33.1 Å². The van der Waals surface area contributed by atoms with Gasteiger partial charge in [0, 0.05) is 26.7 Å². The Balaban J connectivity index is 2.42. The van der Waals surface area contributed by atoms with E-state index in [1.54, 1.807) is 4.90 Å². The lowest BCUT2D eigenvalue weighted by Gasteiger charge is -2.26. The number of rotatable bonds is 6. The van der Waals surface area contributed by atoms with E-state index in [1.807, 2.05) is 7.05 Å². The van der Waals surface area contributed by atoms with Crippen LogP contribution in [0.25, 0.3) is 0 Å². The molecule has 100 valence electrons. The van der Waals surface area contributed by atoms with Crippen LogP contribution in [0.4, 0.5) is 0 Å². The lowest BCUT2D eigenvalue weighted by molar-refractivity contribution is -0.135. The standard InChI is InChI=1S/C13H26N2O2/c1-10(2)7-11(8-14)13(16)15(3)9-12-5-4-6-17-12/h10-12H,4-9,14H2,1-3H3. The number of carbonyl (C=O) groups excluding carboxylic acids is 1. The quantitative estimate of drug-likeness (QED) is 0.762. The summed E-state index contributed by atoms with van der Waals surface area (Å²) in [5.74, 6) is 0.627. The zero-order valence-corrected chi connectivity index (χ0v) is 11.3. The highest BCUT2D eigenvalue weighted by atomic mass is 16.5. The number of likely N-dealkylation sites (N-methyl/N-ethyl adjacent to an activating group) is 1. The van der Waals surface area contributed by atoms with Crippen molar-refractivity contribution in [3.8, 4) is 0 Å². The Hall–Kier alpha value is -0.610. The molecule has 0 radical (unpaired) electrons. The molecule has 1 saturated heterocycles. The molecular weight excluding hydrogens is 216 g/mol. The second-order valence-electron chi connectivity index (χ2n) is 5.42. The molecule has 17 heavy (non-hydrogen) atoms. The van der Waals surface area contributed by atoms with E-state index in [4.69, 9.17) is 10.5 Å². The van der Waals surface area contributed by atoms with E-state index < -0.39 is 0 Å². The minimum absolute atomic E-state index is 0.0404. The highest BCUT2D eigenvalue weighted by Crippen LogP contribution is 2.16. The summed E-state index contributed by atoms with van der Waals surface area (Å²) >= 11 is 0. The van der Waals surface area contributed by atoms with Gasteiger partial charge in [0.05, 0.1) is 12.0 Å². The maximum Gasteiger partial charge on any atom is 0.226 e. The van der Waals surface area contributed by atoms with E-state index in [2.05, 4.69) is 13.8 Å². The van der Waals surface area contributed by atoms with E-state index in [9.17, 15) is 4.79 Å². The molecule has 0 aliphatic carbocycles. The highest BCUT2D eigenvalue weighted by Gasteiger charge is 2.25. The van der Waals surface area contributed by atoms with E-state index in [-0.39, 0.29) is 17.9 Å². The molecule has 2 unspecified atom stereocenters. The van der Waals surface area contributed by atoms with Crippen LogP contribution in [0, 0.1) is 11.8 Å². The maximum absolute atomic E-state index is 12.2. The van der Waals surface area contributed by atoms with Crippen LogP contribution < -0.4 is 5.73 Å². The molecule has 4 nitrogen and oxygen atoms in total. The van der Waals surface area contributed by atoms with Gasteiger partial charge >= 0.3 is 0 Å². The molecule has 1 aliphatic rings. The van der Waals surface area contributed by atoms with Crippen LogP contribution in [0.15, 0.2) is 0 Å². The molecule has 0 aromatic carbocycles. The number of hydrogen-bond acceptors (Lipinski definition) is 3. The predicted octanol–water partition coefficient (Wildman–Crippen LogP) is 1.24. The molecular formula is C13H26N2O2. The molecule has 1 rings (SSSR count). The van der Waals surface area contributed by atoms with Crippen molar-refractivity contribution in [1.82, 2.24) is 4.90 Å². The Morgan fingerprint density at radius 3 is 2.71 bits per heavy atom. The van der Waals surface area contributed by atoms with Crippen LogP contribution in [-0.4, -0.2) is 43.7 Å². The van der Waals surface area contributed by atoms with Crippen molar-refractivity contribution >= 4 is 5.91 Å². The smallest absolute Gasteiger partial charge is 0.226 e. The van der Waals surface area contributed by atoms with E-state index >= 15 is 0 Å². The molecule has 1 fully saturated rings. The van der Waals surface area contributed by atoms with Crippen molar-refractivity contribution in [1.29, 1.82) is 0 Å². The molecule has 0 saturated carbocycles. The molecule has 0 aromatic rings. The number of hydrogen-bond donors (Lipinski definition) is 1. The maximum atomic E-state index is 12.2. The Morgan fingerprint density at radius 1 is 1.53 bits per heavy atom. The molecule has 2 atom stereocenters. The van der Waals surface area contributed by atoms with Crippen molar-refractivity contribution in [3.63, 3.8) is 0 Å². The second-order valence-corrected chi connectivity index (χ2v) is 5.42. The summed E-state index contributed by atoms with van der Waals surface area (Å²) in [6.45, 7) is 6.21. The molecule has 0 aromatic heterocycles. The molecule has 1 amide bonds. The van der Waals surface area contributed by atoms with Gasteiger partial charge in [-0.1, -0.05) is 13.8 Å². The average molecular weight is 242 g/mol. The summed E-state index contributed by atoms with van der Waals surface area (Å²) in [4.78, 5) is 14.0.